The highest BCUT2D eigenvalue weighted by Crippen LogP contribution is 2.23. The Balaban J connectivity index is 2.28. The Hall–Kier alpha value is -1.59. The number of carbonyl (C=O) groups excluding carboxylic acids is 1. The number of aliphatic hydroxyl groups excluding tert-OH is 5. The van der Waals surface area contributed by atoms with Crippen molar-refractivity contribution < 1.29 is 39.8 Å². The SMILES string of the molecule is CCCCCCCC/C=C/CCCCCCCCCCCCCCCC(=O)N[C@@H](CO[C@H]1O[C@@H](CO)[C@H](O)C(O)C1O)[C@H](O)/C=C/CC/C=C/CCCCCCCCCCC. The molecule has 358 valence electrons. The minimum absolute atomic E-state index is 0.186. The Morgan fingerprint density at radius 3 is 1.38 bits per heavy atom. The third kappa shape index (κ3) is 32.7. The second-order valence-corrected chi connectivity index (χ2v) is 18.0. The van der Waals surface area contributed by atoms with Gasteiger partial charge in [-0.25, -0.2) is 0 Å². The van der Waals surface area contributed by atoms with Gasteiger partial charge in [0.25, 0.3) is 0 Å². The molecule has 6 N–H and O–H groups in total. The van der Waals surface area contributed by atoms with Gasteiger partial charge in [-0.3, -0.25) is 4.79 Å². The number of aliphatic hydroxyl groups is 5. The van der Waals surface area contributed by atoms with Crippen LogP contribution in [0.15, 0.2) is 36.5 Å². The fourth-order valence-corrected chi connectivity index (χ4v) is 8.05. The molecular weight excluding hydrogens is 767 g/mol. The summed E-state index contributed by atoms with van der Waals surface area (Å²) in [6.07, 6.45) is 46.3. The van der Waals surface area contributed by atoms with Gasteiger partial charge in [0.2, 0.25) is 5.91 Å². The number of hydrogen-bond acceptors (Lipinski definition) is 8. The van der Waals surface area contributed by atoms with E-state index in [2.05, 4.69) is 43.5 Å². The van der Waals surface area contributed by atoms with Crippen molar-refractivity contribution in [2.75, 3.05) is 13.2 Å². The zero-order valence-corrected chi connectivity index (χ0v) is 39.4. The number of nitrogens with one attached hydrogen (secondary N) is 1. The summed E-state index contributed by atoms with van der Waals surface area (Å²) >= 11 is 0. The largest absolute Gasteiger partial charge is 0.394 e. The van der Waals surface area contributed by atoms with Crippen LogP contribution in [-0.4, -0.2) is 87.5 Å². The standard InChI is InChI=1S/C52H97NO8/c1-3-5-7-9-11-13-15-17-19-20-21-22-23-24-25-26-28-30-32-34-36-38-40-42-48(56)53-45(44-60-52-51(59)50(58)49(57)47(43-54)61-52)46(55)41-39-37-35-33-31-29-27-18-16-14-12-10-8-6-4-2/h17,19,31,33,39,41,45-47,49-52,54-55,57-59H,3-16,18,20-30,32,34-38,40,42-44H2,1-2H3,(H,53,56)/b19-17+,33-31+,41-39+/t45-,46+,47-,49-,50?,51?,52-/m0/s1. The molecular formula is C52H97NO8. The maximum Gasteiger partial charge on any atom is 0.220 e. The Labute approximate surface area is 374 Å². The van der Waals surface area contributed by atoms with Gasteiger partial charge >= 0.3 is 0 Å². The van der Waals surface area contributed by atoms with Gasteiger partial charge in [-0.05, 0) is 57.8 Å². The molecule has 0 aromatic carbocycles. The van der Waals surface area contributed by atoms with Crippen LogP contribution in [0.3, 0.4) is 0 Å². The van der Waals surface area contributed by atoms with E-state index in [1.54, 1.807) is 6.08 Å². The highest BCUT2D eigenvalue weighted by molar-refractivity contribution is 5.76. The molecule has 0 saturated carbocycles. The van der Waals surface area contributed by atoms with E-state index in [4.69, 9.17) is 9.47 Å². The molecule has 9 heteroatoms. The van der Waals surface area contributed by atoms with Crippen LogP contribution >= 0.6 is 0 Å². The van der Waals surface area contributed by atoms with Crippen molar-refractivity contribution >= 4 is 5.91 Å². The van der Waals surface area contributed by atoms with Crippen molar-refractivity contribution in [3.05, 3.63) is 36.5 Å². The minimum atomic E-state index is -1.57. The Morgan fingerprint density at radius 2 is 0.934 bits per heavy atom. The summed E-state index contributed by atoms with van der Waals surface area (Å²) in [5, 5.41) is 54.3. The van der Waals surface area contributed by atoms with Crippen molar-refractivity contribution in [1.82, 2.24) is 5.32 Å². The average Bonchev–Trinajstić information content (AvgIpc) is 3.26. The summed E-state index contributed by atoms with van der Waals surface area (Å²) in [6, 6.07) is -0.819. The molecule has 1 amide bonds. The number of hydrogen-bond donors (Lipinski definition) is 6. The van der Waals surface area contributed by atoms with Crippen LogP contribution in [0.25, 0.3) is 0 Å². The number of rotatable bonds is 43. The lowest BCUT2D eigenvalue weighted by Crippen LogP contribution is -2.60. The van der Waals surface area contributed by atoms with E-state index in [0.717, 1.165) is 38.5 Å². The van der Waals surface area contributed by atoms with E-state index in [1.807, 2.05) is 6.08 Å². The number of unbranched alkanes of at least 4 members (excludes halogenated alkanes) is 29. The first-order valence-corrected chi connectivity index (χ1v) is 25.7. The summed E-state index contributed by atoms with van der Waals surface area (Å²) in [4.78, 5) is 13.0. The molecule has 0 aromatic heterocycles. The summed E-state index contributed by atoms with van der Waals surface area (Å²) in [5.74, 6) is -0.186. The van der Waals surface area contributed by atoms with Gasteiger partial charge in [-0.2, -0.15) is 0 Å². The van der Waals surface area contributed by atoms with Crippen molar-refractivity contribution in [1.29, 1.82) is 0 Å². The molecule has 1 aliphatic rings. The number of amides is 1. The molecule has 0 radical (unpaired) electrons. The van der Waals surface area contributed by atoms with Crippen molar-refractivity contribution in [3.8, 4) is 0 Å². The fraction of sp³-hybridized carbons (Fsp3) is 0.865. The lowest BCUT2D eigenvalue weighted by molar-refractivity contribution is -0.302. The first-order chi connectivity index (χ1) is 29.8. The average molecular weight is 864 g/mol. The molecule has 9 nitrogen and oxygen atoms in total. The van der Waals surface area contributed by atoms with Crippen molar-refractivity contribution in [3.63, 3.8) is 0 Å². The third-order valence-corrected chi connectivity index (χ3v) is 12.2. The summed E-state index contributed by atoms with van der Waals surface area (Å²) in [7, 11) is 0. The molecule has 1 saturated heterocycles. The molecule has 1 rings (SSSR count). The van der Waals surface area contributed by atoms with Crippen LogP contribution in [-0.2, 0) is 14.3 Å². The first kappa shape index (κ1) is 57.4. The van der Waals surface area contributed by atoms with Crippen LogP contribution in [0.2, 0.25) is 0 Å². The molecule has 0 spiro atoms. The second-order valence-electron chi connectivity index (χ2n) is 18.0. The predicted molar refractivity (Wildman–Crippen MR) is 253 cm³/mol. The van der Waals surface area contributed by atoms with Gasteiger partial charge in [-0.1, -0.05) is 204 Å². The van der Waals surface area contributed by atoms with Gasteiger partial charge in [0.05, 0.1) is 25.4 Å². The van der Waals surface area contributed by atoms with E-state index in [-0.39, 0.29) is 12.5 Å². The number of ether oxygens (including phenoxy) is 2. The van der Waals surface area contributed by atoms with E-state index in [1.165, 1.54) is 173 Å². The normalized spacial score (nSPS) is 20.7. The van der Waals surface area contributed by atoms with Crippen molar-refractivity contribution in [2.45, 2.75) is 275 Å². The molecule has 0 aromatic rings. The Kier molecular flexibility index (Phi) is 39.9. The van der Waals surface area contributed by atoms with Gasteiger partial charge in [0.15, 0.2) is 6.29 Å². The van der Waals surface area contributed by atoms with Crippen LogP contribution in [0.5, 0.6) is 0 Å². The van der Waals surface area contributed by atoms with Crippen LogP contribution in [0.1, 0.15) is 232 Å². The maximum atomic E-state index is 13.0. The molecule has 0 bridgehead atoms. The highest BCUT2D eigenvalue weighted by Gasteiger charge is 2.44. The molecule has 1 heterocycles. The molecule has 2 unspecified atom stereocenters. The smallest absolute Gasteiger partial charge is 0.220 e. The topological polar surface area (TPSA) is 149 Å². The van der Waals surface area contributed by atoms with Gasteiger partial charge in [-0.15, -0.1) is 0 Å². The maximum absolute atomic E-state index is 13.0. The summed E-state index contributed by atoms with van der Waals surface area (Å²) in [5.41, 5.74) is 0. The zero-order valence-electron chi connectivity index (χ0n) is 39.4. The fourth-order valence-electron chi connectivity index (χ4n) is 8.05. The lowest BCUT2D eigenvalue weighted by atomic mass is 9.99. The van der Waals surface area contributed by atoms with E-state index in [9.17, 15) is 30.3 Å². The van der Waals surface area contributed by atoms with Gasteiger partial charge in [0.1, 0.15) is 24.4 Å². The summed E-state index contributed by atoms with van der Waals surface area (Å²) < 4.78 is 11.2. The quantitative estimate of drug-likeness (QED) is 0.0262. The molecule has 7 atom stereocenters. The number of allylic oxidation sites excluding steroid dienone is 5. The van der Waals surface area contributed by atoms with Gasteiger partial charge < -0.3 is 40.3 Å². The summed E-state index contributed by atoms with van der Waals surface area (Å²) in [6.45, 7) is 3.76. The Morgan fingerprint density at radius 1 is 0.541 bits per heavy atom. The number of carbonyl (C=O) groups is 1. The van der Waals surface area contributed by atoms with Crippen LogP contribution in [0.4, 0.5) is 0 Å². The van der Waals surface area contributed by atoms with E-state index in [0.29, 0.717) is 6.42 Å². The first-order valence-electron chi connectivity index (χ1n) is 25.7. The second kappa shape index (κ2) is 42.4. The Bertz CT molecular complexity index is 1050. The minimum Gasteiger partial charge on any atom is -0.394 e. The van der Waals surface area contributed by atoms with Crippen LogP contribution < -0.4 is 5.32 Å². The predicted octanol–water partition coefficient (Wildman–Crippen LogP) is 11.6. The van der Waals surface area contributed by atoms with Gasteiger partial charge in [0, 0.05) is 6.42 Å². The molecule has 1 fully saturated rings. The van der Waals surface area contributed by atoms with E-state index < -0.39 is 49.5 Å². The van der Waals surface area contributed by atoms with Crippen LogP contribution in [0, 0.1) is 0 Å². The highest BCUT2D eigenvalue weighted by atomic mass is 16.7. The lowest BCUT2D eigenvalue weighted by Gasteiger charge is -2.40. The van der Waals surface area contributed by atoms with Crippen molar-refractivity contribution in [2.24, 2.45) is 0 Å². The third-order valence-electron chi connectivity index (χ3n) is 12.2. The zero-order chi connectivity index (χ0) is 44.4. The van der Waals surface area contributed by atoms with E-state index >= 15 is 0 Å². The molecule has 1 aliphatic heterocycles. The molecule has 0 aliphatic carbocycles. The monoisotopic (exact) mass is 864 g/mol. The molecule has 61 heavy (non-hydrogen) atoms.